The van der Waals surface area contributed by atoms with Crippen LogP contribution in [-0.2, 0) is 13.1 Å². The molecule has 2 aromatic heterocycles. The van der Waals surface area contributed by atoms with Gasteiger partial charge in [0.05, 0.1) is 12.1 Å². The summed E-state index contributed by atoms with van der Waals surface area (Å²) in [7, 11) is 0. The number of hydrogen-bond donors (Lipinski definition) is 1. The Morgan fingerprint density at radius 2 is 1.82 bits per heavy atom. The second-order valence-corrected chi connectivity index (χ2v) is 7.69. The number of aromatic nitrogens is 2. The first-order valence-corrected chi connectivity index (χ1v) is 9.99. The summed E-state index contributed by atoms with van der Waals surface area (Å²) in [4.78, 5) is 23.3. The summed E-state index contributed by atoms with van der Waals surface area (Å²) in [5, 5.41) is 0. The molecule has 2 aromatic carbocycles. The smallest absolute Gasteiger partial charge is 0.268 e. The van der Waals surface area contributed by atoms with Gasteiger partial charge in [-0.25, -0.2) is 9.37 Å². The Hall–Kier alpha value is -2.83. The van der Waals surface area contributed by atoms with Crippen LogP contribution in [0.5, 0.6) is 0 Å². The molecule has 0 amide bonds. The number of nitrogens with one attached hydrogen (secondary N) is 1. The summed E-state index contributed by atoms with van der Waals surface area (Å²) in [6.45, 7) is 4.31. The van der Waals surface area contributed by atoms with E-state index in [0.29, 0.717) is 22.6 Å². The van der Waals surface area contributed by atoms with Gasteiger partial charge in [-0.15, -0.1) is 11.3 Å². The number of fused-ring (bicyclic) bond motifs is 1. The maximum absolute atomic E-state index is 13.2. The van der Waals surface area contributed by atoms with Crippen LogP contribution in [-0.4, -0.2) is 21.4 Å². The number of halogens is 1. The highest BCUT2D eigenvalue weighted by molar-refractivity contribution is 7.22. The van der Waals surface area contributed by atoms with Gasteiger partial charge in [0.1, 0.15) is 16.3 Å². The SMILES string of the molecule is CCN(Cc1ccccc1)Cc1nc2cc(-c3ccc(F)cc3)sc2c(=O)[nH]1. The van der Waals surface area contributed by atoms with Crippen molar-refractivity contribution in [1.82, 2.24) is 14.9 Å². The minimum Gasteiger partial charge on any atom is -0.308 e. The van der Waals surface area contributed by atoms with E-state index in [4.69, 9.17) is 0 Å². The van der Waals surface area contributed by atoms with Crippen molar-refractivity contribution in [3.63, 3.8) is 0 Å². The lowest BCUT2D eigenvalue weighted by molar-refractivity contribution is 0.264. The minimum atomic E-state index is -0.277. The number of hydrogen-bond acceptors (Lipinski definition) is 4. The Balaban J connectivity index is 1.61. The van der Waals surface area contributed by atoms with E-state index in [9.17, 15) is 9.18 Å². The van der Waals surface area contributed by atoms with Crippen LogP contribution in [0.3, 0.4) is 0 Å². The summed E-state index contributed by atoms with van der Waals surface area (Å²) in [5.74, 6) is 0.375. The lowest BCUT2D eigenvalue weighted by Gasteiger charge is -2.19. The molecule has 0 fully saturated rings. The molecule has 4 rings (SSSR count). The molecule has 6 heteroatoms. The molecule has 0 aliphatic carbocycles. The van der Waals surface area contributed by atoms with Crippen molar-refractivity contribution in [3.8, 4) is 10.4 Å². The van der Waals surface area contributed by atoms with E-state index >= 15 is 0 Å². The van der Waals surface area contributed by atoms with E-state index in [-0.39, 0.29) is 11.4 Å². The minimum absolute atomic E-state index is 0.130. The van der Waals surface area contributed by atoms with Gasteiger partial charge in [0.25, 0.3) is 5.56 Å². The Kier molecular flexibility index (Phi) is 5.32. The molecule has 4 nitrogen and oxygen atoms in total. The van der Waals surface area contributed by atoms with Gasteiger partial charge in [0, 0.05) is 11.4 Å². The van der Waals surface area contributed by atoms with E-state index in [1.165, 1.54) is 29.0 Å². The van der Waals surface area contributed by atoms with E-state index < -0.39 is 0 Å². The Bertz CT molecular complexity index is 1140. The number of rotatable bonds is 6. The normalized spacial score (nSPS) is 11.4. The molecule has 0 spiro atoms. The quantitative estimate of drug-likeness (QED) is 0.511. The first kappa shape index (κ1) is 18.5. The van der Waals surface area contributed by atoms with Gasteiger partial charge >= 0.3 is 0 Å². The number of benzene rings is 2. The lowest BCUT2D eigenvalue weighted by atomic mass is 10.2. The van der Waals surface area contributed by atoms with Crippen LogP contribution in [0.25, 0.3) is 20.7 Å². The van der Waals surface area contributed by atoms with Crippen molar-refractivity contribution in [2.24, 2.45) is 0 Å². The molecular formula is C22H20FN3OS. The van der Waals surface area contributed by atoms with Crippen LogP contribution >= 0.6 is 11.3 Å². The Morgan fingerprint density at radius 1 is 1.07 bits per heavy atom. The third kappa shape index (κ3) is 4.03. The zero-order chi connectivity index (χ0) is 19.5. The predicted octanol–water partition coefficient (Wildman–Crippen LogP) is 4.81. The van der Waals surface area contributed by atoms with Crippen molar-refractivity contribution >= 4 is 21.6 Å². The lowest BCUT2D eigenvalue weighted by Crippen LogP contribution is -2.25. The average molecular weight is 393 g/mol. The summed E-state index contributed by atoms with van der Waals surface area (Å²) in [6.07, 6.45) is 0. The van der Waals surface area contributed by atoms with Crippen LogP contribution in [0, 0.1) is 5.82 Å². The Morgan fingerprint density at radius 3 is 2.54 bits per heavy atom. The molecule has 0 unspecified atom stereocenters. The summed E-state index contributed by atoms with van der Waals surface area (Å²) >= 11 is 1.38. The van der Waals surface area contributed by atoms with Crippen LogP contribution in [0.15, 0.2) is 65.5 Å². The highest BCUT2D eigenvalue weighted by Gasteiger charge is 2.13. The molecule has 1 N–H and O–H groups in total. The molecule has 0 bridgehead atoms. The highest BCUT2D eigenvalue weighted by Crippen LogP contribution is 2.30. The van der Waals surface area contributed by atoms with Crippen molar-refractivity contribution in [3.05, 3.63) is 88.2 Å². The number of nitrogens with zero attached hydrogens (tertiary/aromatic N) is 2. The molecule has 0 saturated carbocycles. The summed E-state index contributed by atoms with van der Waals surface area (Å²) in [5.41, 5.74) is 2.65. The molecule has 0 saturated heterocycles. The van der Waals surface area contributed by atoms with Gasteiger partial charge in [-0.1, -0.05) is 49.4 Å². The zero-order valence-electron chi connectivity index (χ0n) is 15.5. The topological polar surface area (TPSA) is 49.0 Å². The van der Waals surface area contributed by atoms with Gasteiger partial charge in [-0.2, -0.15) is 0 Å². The van der Waals surface area contributed by atoms with Gasteiger partial charge < -0.3 is 4.98 Å². The van der Waals surface area contributed by atoms with Crippen LogP contribution in [0.1, 0.15) is 18.3 Å². The van der Waals surface area contributed by atoms with E-state index in [1.807, 2.05) is 24.3 Å². The van der Waals surface area contributed by atoms with Gasteiger partial charge in [0.15, 0.2) is 0 Å². The number of H-pyrrole nitrogens is 1. The maximum Gasteiger partial charge on any atom is 0.268 e. The predicted molar refractivity (Wildman–Crippen MR) is 112 cm³/mol. The van der Waals surface area contributed by atoms with Gasteiger partial charge in [-0.3, -0.25) is 9.69 Å². The summed E-state index contributed by atoms with van der Waals surface area (Å²) in [6, 6.07) is 18.4. The molecule has 2 heterocycles. The average Bonchev–Trinajstić information content (AvgIpc) is 3.13. The second-order valence-electron chi connectivity index (χ2n) is 6.63. The fraction of sp³-hybridized carbons (Fsp3) is 0.182. The molecular weight excluding hydrogens is 373 g/mol. The molecule has 0 radical (unpaired) electrons. The monoisotopic (exact) mass is 393 g/mol. The maximum atomic E-state index is 13.2. The third-order valence-corrected chi connectivity index (χ3v) is 5.80. The molecule has 142 valence electrons. The van der Waals surface area contributed by atoms with Gasteiger partial charge in [0.2, 0.25) is 0 Å². The van der Waals surface area contributed by atoms with Crippen molar-refractivity contribution < 1.29 is 4.39 Å². The van der Waals surface area contributed by atoms with Crippen LogP contribution < -0.4 is 5.56 Å². The van der Waals surface area contributed by atoms with Crippen molar-refractivity contribution in [2.45, 2.75) is 20.0 Å². The van der Waals surface area contributed by atoms with Crippen molar-refractivity contribution in [1.29, 1.82) is 0 Å². The third-order valence-electron chi connectivity index (χ3n) is 4.63. The van der Waals surface area contributed by atoms with E-state index in [0.717, 1.165) is 23.5 Å². The molecule has 0 atom stereocenters. The highest BCUT2D eigenvalue weighted by atomic mass is 32.1. The van der Waals surface area contributed by atoms with Crippen LogP contribution in [0.2, 0.25) is 0 Å². The summed E-state index contributed by atoms with van der Waals surface area (Å²) < 4.78 is 13.8. The molecule has 0 aliphatic heterocycles. The first-order chi connectivity index (χ1) is 13.6. The molecule has 28 heavy (non-hydrogen) atoms. The number of aromatic amines is 1. The number of thiophene rings is 1. The van der Waals surface area contributed by atoms with E-state index in [2.05, 4.69) is 33.9 Å². The largest absolute Gasteiger partial charge is 0.308 e. The van der Waals surface area contributed by atoms with Crippen molar-refractivity contribution in [2.75, 3.05) is 6.54 Å². The second kappa shape index (κ2) is 8.04. The Labute approximate surface area is 166 Å². The molecule has 4 aromatic rings. The zero-order valence-corrected chi connectivity index (χ0v) is 16.3. The standard InChI is InChI=1S/C22H20FN3OS/c1-2-26(13-15-6-4-3-5-7-15)14-20-24-18-12-19(28-21(18)22(27)25-20)16-8-10-17(23)11-9-16/h3-12H,2,13-14H2,1H3,(H,24,25,27). The van der Waals surface area contributed by atoms with E-state index in [1.54, 1.807) is 12.1 Å². The fourth-order valence-electron chi connectivity index (χ4n) is 3.15. The van der Waals surface area contributed by atoms with Gasteiger partial charge in [-0.05, 0) is 35.9 Å². The molecule has 0 aliphatic rings. The fourth-order valence-corrected chi connectivity index (χ4v) is 4.15. The first-order valence-electron chi connectivity index (χ1n) is 9.17. The van der Waals surface area contributed by atoms with Crippen LogP contribution in [0.4, 0.5) is 4.39 Å².